The summed E-state index contributed by atoms with van der Waals surface area (Å²) in [5.41, 5.74) is 5.64. The van der Waals surface area contributed by atoms with E-state index in [1.807, 2.05) is 19.9 Å². The average molecular weight is 464 g/mol. The number of para-hydroxylation sites is 1. The van der Waals surface area contributed by atoms with Crippen LogP contribution >= 0.6 is 11.6 Å². The summed E-state index contributed by atoms with van der Waals surface area (Å²) in [6.45, 7) is 5.33. The maximum Gasteiger partial charge on any atom is 0.343 e. The van der Waals surface area contributed by atoms with Crippen LogP contribution in [0.15, 0.2) is 71.8 Å². The molecule has 0 saturated heterocycles. The Morgan fingerprint density at radius 1 is 0.909 bits per heavy atom. The molecule has 3 aromatic rings. The molecule has 2 N–H and O–H groups in total. The topological polar surface area (TPSA) is 96.9 Å². The molecule has 33 heavy (non-hydrogen) atoms. The maximum absolute atomic E-state index is 12.5. The molecule has 0 saturated carbocycles. The van der Waals surface area contributed by atoms with Gasteiger partial charge in [-0.1, -0.05) is 47.5 Å². The first-order valence-corrected chi connectivity index (χ1v) is 10.4. The molecule has 2 amide bonds. The zero-order chi connectivity index (χ0) is 24.0. The summed E-state index contributed by atoms with van der Waals surface area (Å²) in [5, 5.41) is 6.91. The molecular weight excluding hydrogens is 442 g/mol. The molecule has 0 fully saturated rings. The van der Waals surface area contributed by atoms with Crippen LogP contribution in [0.3, 0.4) is 0 Å². The maximum atomic E-state index is 12.5. The molecule has 0 atom stereocenters. The lowest BCUT2D eigenvalue weighted by atomic mass is 10.1. The number of nitrogens with zero attached hydrogens (tertiary/aromatic N) is 1. The van der Waals surface area contributed by atoms with Crippen LogP contribution in [0.5, 0.6) is 5.75 Å². The second kappa shape index (κ2) is 10.6. The number of aryl methyl sites for hydroxylation is 2. The summed E-state index contributed by atoms with van der Waals surface area (Å²) in [6, 6.07) is 18.7. The van der Waals surface area contributed by atoms with Gasteiger partial charge in [0.15, 0.2) is 0 Å². The SMILES string of the molecule is C/C(=N\NC(=O)C(=O)Nc1ccc(C)c(Cl)c1)c1ccccc1OC(=O)c1cccc(C)c1. The van der Waals surface area contributed by atoms with Gasteiger partial charge in [-0.25, -0.2) is 10.2 Å². The highest BCUT2D eigenvalue weighted by Crippen LogP contribution is 2.21. The van der Waals surface area contributed by atoms with Crippen LogP contribution in [0.2, 0.25) is 5.02 Å². The third-order valence-electron chi connectivity index (χ3n) is 4.69. The number of carbonyl (C=O) groups is 3. The van der Waals surface area contributed by atoms with Crippen molar-refractivity contribution in [1.82, 2.24) is 5.43 Å². The van der Waals surface area contributed by atoms with Crippen molar-refractivity contribution in [2.45, 2.75) is 20.8 Å². The van der Waals surface area contributed by atoms with Gasteiger partial charge in [-0.05, 0) is 62.7 Å². The van der Waals surface area contributed by atoms with Gasteiger partial charge in [0.2, 0.25) is 0 Å². The number of carbonyl (C=O) groups excluding carboxylic acids is 3. The highest BCUT2D eigenvalue weighted by atomic mass is 35.5. The van der Waals surface area contributed by atoms with Gasteiger partial charge >= 0.3 is 17.8 Å². The molecule has 0 aromatic heterocycles. The largest absolute Gasteiger partial charge is 0.422 e. The quantitative estimate of drug-likeness (QED) is 0.189. The minimum absolute atomic E-state index is 0.276. The number of hydrazone groups is 1. The second-order valence-electron chi connectivity index (χ2n) is 7.31. The number of anilines is 1. The molecule has 0 spiro atoms. The third-order valence-corrected chi connectivity index (χ3v) is 5.10. The molecule has 3 aromatic carbocycles. The molecule has 0 aliphatic heterocycles. The van der Waals surface area contributed by atoms with E-state index in [4.69, 9.17) is 16.3 Å². The molecule has 8 heteroatoms. The van der Waals surface area contributed by atoms with E-state index >= 15 is 0 Å². The normalized spacial score (nSPS) is 11.0. The van der Waals surface area contributed by atoms with E-state index in [2.05, 4.69) is 15.8 Å². The minimum Gasteiger partial charge on any atom is -0.422 e. The Kier molecular flexibility index (Phi) is 7.58. The second-order valence-corrected chi connectivity index (χ2v) is 7.72. The fraction of sp³-hybridized carbons (Fsp3) is 0.120. The molecule has 3 rings (SSSR count). The molecule has 0 heterocycles. The smallest absolute Gasteiger partial charge is 0.343 e. The summed E-state index contributed by atoms with van der Waals surface area (Å²) in [6.07, 6.45) is 0. The van der Waals surface area contributed by atoms with Gasteiger partial charge in [0.05, 0.1) is 11.3 Å². The van der Waals surface area contributed by atoms with E-state index in [0.29, 0.717) is 27.5 Å². The Bertz CT molecular complexity index is 1250. The van der Waals surface area contributed by atoms with E-state index in [1.165, 1.54) is 0 Å². The summed E-state index contributed by atoms with van der Waals surface area (Å²) in [7, 11) is 0. The predicted molar refractivity (Wildman–Crippen MR) is 128 cm³/mol. The van der Waals surface area contributed by atoms with Crippen LogP contribution in [-0.2, 0) is 9.59 Å². The van der Waals surface area contributed by atoms with Crippen LogP contribution in [0.25, 0.3) is 0 Å². The number of ether oxygens (including phenoxy) is 1. The van der Waals surface area contributed by atoms with E-state index in [-0.39, 0.29) is 5.75 Å². The number of hydrogen-bond donors (Lipinski definition) is 2. The number of nitrogens with one attached hydrogen (secondary N) is 2. The van der Waals surface area contributed by atoms with Crippen LogP contribution in [-0.4, -0.2) is 23.5 Å². The van der Waals surface area contributed by atoms with Gasteiger partial charge in [0, 0.05) is 16.3 Å². The average Bonchev–Trinajstić information content (AvgIpc) is 2.80. The first kappa shape index (κ1) is 23.7. The Balaban J connectivity index is 1.69. The van der Waals surface area contributed by atoms with Gasteiger partial charge < -0.3 is 10.1 Å². The van der Waals surface area contributed by atoms with Crippen molar-refractivity contribution in [3.8, 4) is 5.75 Å². The van der Waals surface area contributed by atoms with Crippen LogP contribution in [0.4, 0.5) is 5.69 Å². The zero-order valence-electron chi connectivity index (χ0n) is 18.3. The van der Waals surface area contributed by atoms with Crippen molar-refractivity contribution in [2.24, 2.45) is 5.10 Å². The highest BCUT2D eigenvalue weighted by molar-refractivity contribution is 6.40. The van der Waals surface area contributed by atoms with Crippen LogP contribution < -0.4 is 15.5 Å². The first-order valence-electron chi connectivity index (χ1n) is 10.0. The van der Waals surface area contributed by atoms with Crippen molar-refractivity contribution < 1.29 is 19.1 Å². The lowest BCUT2D eigenvalue weighted by molar-refractivity contribution is -0.136. The number of hydrogen-bond acceptors (Lipinski definition) is 5. The minimum atomic E-state index is -0.958. The molecule has 0 bridgehead atoms. The van der Waals surface area contributed by atoms with Crippen molar-refractivity contribution in [3.05, 3.63) is 94.0 Å². The Hall–Kier alpha value is -3.97. The standard InChI is InChI=1S/C25H22ClN3O4/c1-15-7-6-8-18(13-15)25(32)33-22-10-5-4-9-20(22)17(3)28-29-24(31)23(30)27-19-12-11-16(2)21(26)14-19/h4-14H,1-3H3,(H,27,30)(H,29,31)/b28-17+. The van der Waals surface area contributed by atoms with Crippen LogP contribution in [0, 0.1) is 13.8 Å². The van der Waals surface area contributed by atoms with E-state index in [1.54, 1.807) is 67.6 Å². The Morgan fingerprint density at radius 3 is 2.39 bits per heavy atom. The summed E-state index contributed by atoms with van der Waals surface area (Å²) >= 11 is 6.04. The fourth-order valence-corrected chi connectivity index (χ4v) is 3.07. The lowest BCUT2D eigenvalue weighted by Gasteiger charge is -2.10. The fourth-order valence-electron chi connectivity index (χ4n) is 2.89. The number of rotatable bonds is 5. The molecule has 0 radical (unpaired) electrons. The van der Waals surface area contributed by atoms with Gasteiger partial charge in [-0.3, -0.25) is 9.59 Å². The lowest BCUT2D eigenvalue weighted by Crippen LogP contribution is -2.33. The predicted octanol–water partition coefficient (Wildman–Crippen LogP) is 4.65. The monoisotopic (exact) mass is 463 g/mol. The molecule has 0 aliphatic carbocycles. The van der Waals surface area contributed by atoms with E-state index in [9.17, 15) is 14.4 Å². The number of benzene rings is 3. The third kappa shape index (κ3) is 6.27. The summed E-state index contributed by atoms with van der Waals surface area (Å²) < 4.78 is 5.54. The molecule has 0 aliphatic rings. The molecular formula is C25H22ClN3O4. The summed E-state index contributed by atoms with van der Waals surface area (Å²) in [5.74, 6) is -2.09. The molecule has 0 unspecified atom stereocenters. The van der Waals surface area contributed by atoms with Gasteiger partial charge in [0.25, 0.3) is 0 Å². The van der Waals surface area contributed by atoms with Crippen LogP contribution in [0.1, 0.15) is 34.0 Å². The van der Waals surface area contributed by atoms with Crippen molar-refractivity contribution in [3.63, 3.8) is 0 Å². The molecule has 168 valence electrons. The number of amides is 2. The number of halogens is 1. The first-order chi connectivity index (χ1) is 15.7. The van der Waals surface area contributed by atoms with E-state index in [0.717, 1.165) is 11.1 Å². The molecule has 7 nitrogen and oxygen atoms in total. The Labute approximate surface area is 196 Å². The van der Waals surface area contributed by atoms with Crippen molar-refractivity contribution >= 4 is 40.8 Å². The van der Waals surface area contributed by atoms with Gasteiger partial charge in [0.1, 0.15) is 5.75 Å². The van der Waals surface area contributed by atoms with Gasteiger partial charge in [-0.2, -0.15) is 5.10 Å². The summed E-state index contributed by atoms with van der Waals surface area (Å²) in [4.78, 5) is 36.8. The zero-order valence-corrected chi connectivity index (χ0v) is 19.1. The van der Waals surface area contributed by atoms with Crippen molar-refractivity contribution in [1.29, 1.82) is 0 Å². The van der Waals surface area contributed by atoms with E-state index < -0.39 is 17.8 Å². The number of esters is 1. The Morgan fingerprint density at radius 2 is 1.67 bits per heavy atom. The van der Waals surface area contributed by atoms with Crippen molar-refractivity contribution in [2.75, 3.05) is 5.32 Å². The van der Waals surface area contributed by atoms with Gasteiger partial charge in [-0.15, -0.1) is 0 Å². The highest BCUT2D eigenvalue weighted by Gasteiger charge is 2.16.